The number of halogens is 3. The highest BCUT2D eigenvalue weighted by Gasteiger charge is 2.33. The molecule has 0 N–H and O–H groups in total. The highest BCUT2D eigenvalue weighted by Crippen LogP contribution is 2.36. The number of anilines is 1. The molecule has 0 spiro atoms. The fraction of sp³-hybridized carbons (Fsp3) is 0.440. The van der Waals surface area contributed by atoms with Gasteiger partial charge in [-0.1, -0.05) is 37.6 Å². The number of ether oxygens (including phenoxy) is 2. The van der Waals surface area contributed by atoms with Gasteiger partial charge < -0.3 is 9.47 Å². The summed E-state index contributed by atoms with van der Waals surface area (Å²) in [5.41, 5.74) is -0.176. The van der Waals surface area contributed by atoms with Gasteiger partial charge in [-0.25, -0.2) is 14.1 Å². The van der Waals surface area contributed by atoms with Gasteiger partial charge in [0.15, 0.2) is 0 Å². The van der Waals surface area contributed by atoms with Crippen LogP contribution in [0.5, 0.6) is 0 Å². The van der Waals surface area contributed by atoms with E-state index in [0.29, 0.717) is 17.7 Å². The van der Waals surface area contributed by atoms with Gasteiger partial charge in [0.1, 0.15) is 18.3 Å². The van der Waals surface area contributed by atoms with Gasteiger partial charge in [0.05, 0.1) is 23.1 Å². The predicted molar refractivity (Wildman–Crippen MR) is 138 cm³/mol. The van der Waals surface area contributed by atoms with Crippen molar-refractivity contribution in [1.82, 2.24) is 0 Å². The summed E-state index contributed by atoms with van der Waals surface area (Å²) in [4.78, 5) is 51.7. The first kappa shape index (κ1) is 29.9. The van der Waals surface area contributed by atoms with Crippen LogP contribution in [0, 0.1) is 5.82 Å². The molecular formula is C25H28Cl2FNO6S. The number of esters is 2. The predicted octanol–water partition coefficient (Wildman–Crippen LogP) is 5.61. The van der Waals surface area contributed by atoms with Crippen LogP contribution in [0.4, 0.5) is 10.1 Å². The Morgan fingerprint density at radius 3 is 2.50 bits per heavy atom. The Morgan fingerprint density at radius 2 is 1.86 bits per heavy atom. The first-order valence-corrected chi connectivity index (χ1v) is 13.4. The van der Waals surface area contributed by atoms with E-state index >= 15 is 4.39 Å². The van der Waals surface area contributed by atoms with Crippen molar-refractivity contribution in [1.29, 1.82) is 0 Å². The zero-order valence-electron chi connectivity index (χ0n) is 19.9. The third-order valence-corrected chi connectivity index (χ3v) is 6.90. The van der Waals surface area contributed by atoms with Crippen LogP contribution < -0.4 is 4.90 Å². The van der Waals surface area contributed by atoms with Crippen LogP contribution in [0.25, 0.3) is 0 Å². The lowest BCUT2D eigenvalue weighted by molar-refractivity contribution is -0.140. The van der Waals surface area contributed by atoms with Crippen LogP contribution >= 0.6 is 35.0 Å². The molecule has 1 aliphatic carbocycles. The van der Waals surface area contributed by atoms with E-state index in [2.05, 4.69) is 6.58 Å². The molecule has 2 amide bonds. The normalized spacial score (nSPS) is 13.2. The number of amides is 2. The Hall–Kier alpha value is -2.36. The second-order valence-corrected chi connectivity index (χ2v) is 9.51. The number of carbonyl (C=O) groups excluding carboxylic acids is 4. The SMILES string of the molecule is C=CCOC(=O)C1=C(C(=O)N(C(=O)CCl)c2cc(SCC(=O)OCCCC)c(Cl)cc2F)CCCC1. The monoisotopic (exact) mass is 559 g/mol. The molecule has 0 unspecified atom stereocenters. The third kappa shape index (κ3) is 8.08. The van der Waals surface area contributed by atoms with E-state index in [4.69, 9.17) is 32.7 Å². The van der Waals surface area contributed by atoms with Crippen molar-refractivity contribution in [2.75, 3.05) is 29.7 Å². The summed E-state index contributed by atoms with van der Waals surface area (Å²) in [7, 11) is 0. The highest BCUT2D eigenvalue weighted by atomic mass is 35.5. The van der Waals surface area contributed by atoms with Gasteiger partial charge in [0.25, 0.3) is 5.91 Å². The molecule has 0 aromatic heterocycles. The van der Waals surface area contributed by atoms with Gasteiger partial charge in [0.2, 0.25) is 5.91 Å². The Kier molecular flexibility index (Phi) is 12.5. The zero-order valence-corrected chi connectivity index (χ0v) is 22.3. The van der Waals surface area contributed by atoms with Crippen LogP contribution in [0.1, 0.15) is 45.4 Å². The van der Waals surface area contributed by atoms with E-state index in [-0.39, 0.29) is 58.6 Å². The van der Waals surface area contributed by atoms with Crippen LogP contribution in [0.2, 0.25) is 5.02 Å². The summed E-state index contributed by atoms with van der Waals surface area (Å²) in [6.07, 6.45) is 4.75. The molecular weight excluding hydrogens is 532 g/mol. The number of nitrogens with zero attached hydrogens (tertiary/aromatic N) is 1. The van der Waals surface area contributed by atoms with Crippen molar-refractivity contribution in [3.8, 4) is 0 Å². The number of unbranched alkanes of at least 4 members (excludes halogenated alkanes) is 1. The van der Waals surface area contributed by atoms with Gasteiger partial charge in [-0.2, -0.15) is 0 Å². The number of benzene rings is 1. The minimum atomic E-state index is -0.936. The van der Waals surface area contributed by atoms with Gasteiger partial charge >= 0.3 is 11.9 Å². The maximum Gasteiger partial charge on any atom is 0.334 e. The largest absolute Gasteiger partial charge is 0.465 e. The van der Waals surface area contributed by atoms with E-state index in [1.54, 1.807) is 0 Å². The maximum absolute atomic E-state index is 15.0. The fourth-order valence-corrected chi connectivity index (χ4v) is 4.63. The standard InChI is InChI=1S/C25H28Cl2FNO6S/c1-3-5-11-34-23(31)15-36-21-13-20(19(28)12-18(21)27)29(22(30)14-26)24(32)16-8-6-7-9-17(16)25(33)35-10-4-2/h4,12-13H,2-3,5-11,14-15H2,1H3. The van der Waals surface area contributed by atoms with Crippen LogP contribution in [0.15, 0.2) is 40.8 Å². The molecule has 1 aromatic rings. The summed E-state index contributed by atoms with van der Waals surface area (Å²) in [5.74, 6) is -4.55. The minimum Gasteiger partial charge on any atom is -0.465 e. The van der Waals surface area contributed by atoms with Crippen LogP contribution in [0.3, 0.4) is 0 Å². The Morgan fingerprint density at radius 1 is 1.17 bits per heavy atom. The van der Waals surface area contributed by atoms with Crippen molar-refractivity contribution in [2.24, 2.45) is 0 Å². The number of hydrogen-bond acceptors (Lipinski definition) is 7. The van der Waals surface area contributed by atoms with Crippen molar-refractivity contribution in [2.45, 2.75) is 50.3 Å². The highest BCUT2D eigenvalue weighted by molar-refractivity contribution is 8.00. The van der Waals surface area contributed by atoms with Crippen molar-refractivity contribution >= 4 is 64.4 Å². The lowest BCUT2D eigenvalue weighted by atomic mass is 9.90. The lowest BCUT2D eigenvalue weighted by Crippen LogP contribution is -2.40. The third-order valence-electron chi connectivity index (χ3n) is 5.22. The average molecular weight is 560 g/mol. The smallest absolute Gasteiger partial charge is 0.334 e. The molecule has 2 rings (SSSR count). The number of rotatable bonds is 12. The first-order valence-electron chi connectivity index (χ1n) is 11.5. The molecule has 196 valence electrons. The number of carbonyl (C=O) groups is 4. The summed E-state index contributed by atoms with van der Waals surface area (Å²) in [6.45, 7) is 5.71. The van der Waals surface area contributed by atoms with E-state index in [0.717, 1.165) is 30.7 Å². The Bertz CT molecular complexity index is 1050. The molecule has 36 heavy (non-hydrogen) atoms. The second kappa shape index (κ2) is 15.0. The number of alkyl halides is 1. The topological polar surface area (TPSA) is 90.0 Å². The summed E-state index contributed by atoms with van der Waals surface area (Å²) in [6, 6.07) is 2.17. The number of hydrogen-bond donors (Lipinski definition) is 0. The van der Waals surface area contributed by atoms with E-state index in [1.165, 1.54) is 12.1 Å². The molecule has 0 radical (unpaired) electrons. The molecule has 1 aromatic carbocycles. The summed E-state index contributed by atoms with van der Waals surface area (Å²) >= 11 is 12.9. The van der Waals surface area contributed by atoms with E-state index in [1.807, 2.05) is 6.92 Å². The molecule has 0 bridgehead atoms. The lowest BCUT2D eigenvalue weighted by Gasteiger charge is -2.26. The molecule has 1 aliphatic rings. The Balaban J connectivity index is 2.41. The second-order valence-electron chi connectivity index (χ2n) is 7.82. The summed E-state index contributed by atoms with van der Waals surface area (Å²) in [5, 5.41) is -0.00102. The molecule has 7 nitrogen and oxygen atoms in total. The van der Waals surface area contributed by atoms with E-state index < -0.39 is 35.5 Å². The van der Waals surface area contributed by atoms with Crippen LogP contribution in [-0.2, 0) is 28.7 Å². The first-order chi connectivity index (χ1) is 17.2. The number of imide groups is 1. The van der Waals surface area contributed by atoms with Gasteiger partial charge in [0, 0.05) is 16.0 Å². The minimum absolute atomic E-state index is 0.00102. The quantitative estimate of drug-likeness (QED) is 0.108. The van der Waals surface area contributed by atoms with Gasteiger partial charge in [-0.3, -0.25) is 14.4 Å². The van der Waals surface area contributed by atoms with Crippen molar-refractivity contribution in [3.63, 3.8) is 0 Å². The van der Waals surface area contributed by atoms with Crippen molar-refractivity contribution < 1.29 is 33.0 Å². The van der Waals surface area contributed by atoms with Crippen molar-refractivity contribution in [3.05, 3.63) is 46.8 Å². The molecule has 11 heteroatoms. The van der Waals surface area contributed by atoms with E-state index in [9.17, 15) is 19.2 Å². The Labute approximate surface area is 224 Å². The molecule has 0 heterocycles. The van der Waals surface area contributed by atoms with Gasteiger partial charge in [-0.15, -0.1) is 23.4 Å². The molecule has 0 fully saturated rings. The molecule has 0 saturated heterocycles. The average Bonchev–Trinajstić information content (AvgIpc) is 2.87. The summed E-state index contributed by atoms with van der Waals surface area (Å²) < 4.78 is 25.2. The number of thioether (sulfide) groups is 1. The van der Waals surface area contributed by atoms with Gasteiger partial charge in [-0.05, 0) is 44.2 Å². The molecule has 0 saturated carbocycles. The molecule has 0 aliphatic heterocycles. The fourth-order valence-electron chi connectivity index (χ4n) is 3.45. The zero-order chi connectivity index (χ0) is 26.7. The van der Waals surface area contributed by atoms with Crippen LogP contribution in [-0.4, -0.2) is 48.6 Å². The maximum atomic E-state index is 15.0. The molecule has 0 atom stereocenters.